The Kier molecular flexibility index (Phi) is 15.0. The number of guanidine groups is 2. The van der Waals surface area contributed by atoms with Crippen molar-refractivity contribution in [2.45, 2.75) is 87.2 Å². The molecule has 2 aromatic rings. The average Bonchev–Trinajstić information content (AvgIpc) is 3.74. The molecule has 52 heavy (non-hydrogen) atoms. The number of aliphatic imine (C=N–C) groups is 2. The van der Waals surface area contributed by atoms with E-state index in [0.29, 0.717) is 25.0 Å². The van der Waals surface area contributed by atoms with Crippen LogP contribution in [0, 0.1) is 22.9 Å². The smallest absolute Gasteiger partial charge is 0.241 e. The van der Waals surface area contributed by atoms with Gasteiger partial charge in [0.1, 0.15) is 6.04 Å². The lowest BCUT2D eigenvalue weighted by molar-refractivity contribution is -0.122. The van der Waals surface area contributed by atoms with Crippen molar-refractivity contribution >= 4 is 23.7 Å². The van der Waals surface area contributed by atoms with E-state index in [9.17, 15) is 9.59 Å². The Bertz CT molecular complexity index is 1610. The van der Waals surface area contributed by atoms with E-state index in [2.05, 4.69) is 83.6 Å². The second kappa shape index (κ2) is 19.8. The topological polar surface area (TPSA) is 191 Å². The molecule has 1 aliphatic heterocycles. The monoisotopic (exact) mass is 707 g/mol. The molecule has 0 aromatic heterocycles. The third kappa shape index (κ3) is 11.0. The fourth-order valence-corrected chi connectivity index (χ4v) is 7.46. The van der Waals surface area contributed by atoms with Gasteiger partial charge in [0.2, 0.25) is 23.7 Å². The summed E-state index contributed by atoms with van der Waals surface area (Å²) in [4.78, 5) is 32.0. The van der Waals surface area contributed by atoms with Crippen LogP contribution in [-0.4, -0.2) is 75.6 Å². The molecule has 0 saturated heterocycles. The van der Waals surface area contributed by atoms with Gasteiger partial charge in [-0.3, -0.25) is 35.5 Å². The first-order chi connectivity index (χ1) is 25.3. The summed E-state index contributed by atoms with van der Waals surface area (Å²) in [5.41, 5.74) is 2.43. The van der Waals surface area contributed by atoms with Gasteiger partial charge >= 0.3 is 0 Å². The summed E-state index contributed by atoms with van der Waals surface area (Å²) in [5, 5.41) is 38.6. The van der Waals surface area contributed by atoms with Crippen molar-refractivity contribution in [2.75, 3.05) is 33.7 Å². The van der Waals surface area contributed by atoms with Crippen LogP contribution in [0.15, 0.2) is 82.8 Å². The quantitative estimate of drug-likeness (QED) is 0.0676. The number of nitrogens with one attached hydrogen (secondary N) is 7. The minimum Gasteiger partial charge on any atom is -0.355 e. The Morgan fingerprint density at radius 3 is 1.56 bits per heavy atom. The van der Waals surface area contributed by atoms with Crippen LogP contribution in [0.5, 0.6) is 0 Å². The van der Waals surface area contributed by atoms with Crippen LogP contribution in [0.2, 0.25) is 0 Å². The van der Waals surface area contributed by atoms with Crippen LogP contribution in [-0.2, 0) is 20.4 Å². The predicted octanol–water partition coefficient (Wildman–Crippen LogP) is 2.81. The fraction of sp³-hybridized carbons (Fsp3) is 0.487. The third-order valence-electron chi connectivity index (χ3n) is 10.5. The number of carbonyl (C=O) groups is 2. The number of hydrogen-bond acceptors (Lipinski definition) is 7. The van der Waals surface area contributed by atoms with E-state index in [1.165, 1.54) is 11.1 Å². The molecule has 2 amide bonds. The number of nitrogens with zero attached hydrogens (tertiary/aromatic N) is 4. The summed E-state index contributed by atoms with van der Waals surface area (Å²) >= 11 is 0. The second-order valence-electron chi connectivity index (χ2n) is 13.7. The molecular formula is C39H53N11O2. The Balaban J connectivity index is 0.000000236. The molecule has 0 spiro atoms. The van der Waals surface area contributed by atoms with Gasteiger partial charge in [0.15, 0.2) is 12.4 Å². The lowest BCUT2D eigenvalue weighted by atomic mass is 9.68. The maximum absolute atomic E-state index is 12.5. The summed E-state index contributed by atoms with van der Waals surface area (Å²) in [6.07, 6.45) is 15.3. The molecule has 2 fully saturated rings. The van der Waals surface area contributed by atoms with Crippen LogP contribution >= 0.6 is 0 Å². The normalized spacial score (nSPS) is 25.6. The summed E-state index contributed by atoms with van der Waals surface area (Å²) in [5.74, 6) is 1.05. The molecule has 1 heterocycles. The molecule has 276 valence electrons. The van der Waals surface area contributed by atoms with Crippen molar-refractivity contribution < 1.29 is 9.59 Å². The largest absolute Gasteiger partial charge is 0.355 e. The Labute approximate surface area is 307 Å². The van der Waals surface area contributed by atoms with Gasteiger partial charge in [-0.1, -0.05) is 72.8 Å². The molecule has 2 aromatic carbocycles. The highest BCUT2D eigenvalue weighted by molar-refractivity contribution is 5.84. The van der Waals surface area contributed by atoms with Crippen LogP contribution in [0.25, 0.3) is 0 Å². The van der Waals surface area contributed by atoms with E-state index < -0.39 is 0 Å². The summed E-state index contributed by atoms with van der Waals surface area (Å²) < 4.78 is 0. The zero-order valence-corrected chi connectivity index (χ0v) is 30.5. The first kappa shape index (κ1) is 39.4. The van der Waals surface area contributed by atoms with Gasteiger partial charge in [0.05, 0.1) is 0 Å². The lowest BCUT2D eigenvalue weighted by Gasteiger charge is -2.41. The molecule has 1 atom stereocenters. The molecule has 1 unspecified atom stereocenters. The summed E-state index contributed by atoms with van der Waals surface area (Å²) in [7, 11) is 3.31. The molecule has 5 rings (SSSR count). The van der Waals surface area contributed by atoms with Gasteiger partial charge in [0, 0.05) is 63.6 Å². The average molecular weight is 708 g/mol. The van der Waals surface area contributed by atoms with Gasteiger partial charge < -0.3 is 21.3 Å². The molecular weight excluding hydrogens is 655 g/mol. The Morgan fingerprint density at radius 1 is 0.750 bits per heavy atom. The Morgan fingerprint density at radius 2 is 1.19 bits per heavy atom. The number of hydrogen-bond donors (Lipinski definition) is 7. The van der Waals surface area contributed by atoms with E-state index in [4.69, 9.17) is 10.5 Å². The number of nitriles is 2. The van der Waals surface area contributed by atoms with Gasteiger partial charge in [0.25, 0.3) is 0 Å². The van der Waals surface area contributed by atoms with E-state index in [0.717, 1.165) is 57.9 Å². The molecule has 3 aliphatic rings. The maximum Gasteiger partial charge on any atom is 0.241 e. The predicted molar refractivity (Wildman–Crippen MR) is 204 cm³/mol. The molecule has 2 aliphatic carbocycles. The minimum atomic E-state index is -0.230. The van der Waals surface area contributed by atoms with Crippen molar-refractivity contribution in [3.05, 3.63) is 83.9 Å². The first-order valence-electron chi connectivity index (χ1n) is 18.1. The van der Waals surface area contributed by atoms with E-state index in [1.807, 2.05) is 48.8 Å². The summed E-state index contributed by atoms with van der Waals surface area (Å²) in [6, 6.07) is 21.2. The van der Waals surface area contributed by atoms with Gasteiger partial charge in [-0.15, -0.1) is 0 Å². The molecule has 0 radical (unpaired) electrons. The SMILES string of the molecule is CN=C(NC#N)NC1CCC(CNC(=O)C2C=CCN2)(c2ccccc2)CC1.CN=C(NC#N)NC1CCC(CNC(C)=O)(c2ccccc2)CC1. The zero-order chi connectivity index (χ0) is 37.2. The highest BCUT2D eigenvalue weighted by Crippen LogP contribution is 2.40. The van der Waals surface area contributed by atoms with Crippen LogP contribution in [0.3, 0.4) is 0 Å². The maximum atomic E-state index is 12.5. The van der Waals surface area contributed by atoms with Crippen LogP contribution in [0.4, 0.5) is 0 Å². The van der Waals surface area contributed by atoms with Crippen molar-refractivity contribution in [1.29, 1.82) is 10.5 Å². The van der Waals surface area contributed by atoms with Crippen molar-refractivity contribution in [2.24, 2.45) is 9.98 Å². The molecule has 13 nitrogen and oxygen atoms in total. The number of amides is 2. The molecule has 7 N–H and O–H groups in total. The molecule has 2 saturated carbocycles. The lowest BCUT2D eigenvalue weighted by Crippen LogP contribution is -2.51. The number of benzene rings is 2. The van der Waals surface area contributed by atoms with Crippen molar-refractivity contribution in [3.63, 3.8) is 0 Å². The second-order valence-corrected chi connectivity index (χ2v) is 13.7. The van der Waals surface area contributed by atoms with Crippen LogP contribution < -0.4 is 37.2 Å². The van der Waals surface area contributed by atoms with Crippen molar-refractivity contribution in [1.82, 2.24) is 37.2 Å². The Hall–Kier alpha value is -5.40. The first-order valence-corrected chi connectivity index (χ1v) is 18.1. The number of rotatable bonds is 9. The highest BCUT2D eigenvalue weighted by Gasteiger charge is 2.39. The van der Waals surface area contributed by atoms with Gasteiger partial charge in [-0.05, 0) is 62.5 Å². The van der Waals surface area contributed by atoms with Gasteiger partial charge in [-0.2, -0.15) is 10.5 Å². The standard InChI is InChI=1S/C21H28N6O.C18H25N5O/c1-23-20(26-15-22)27-17-9-11-21(12-10-17,16-6-3-2-4-7-16)14-25-19(28)18-8-5-13-24-18;1-14(24)21-12-18(15-6-4-3-5-7-15)10-8-16(9-11-18)23-17(20-2)22-13-19/h2-8,17-18,24H,9-14H2,1H3,(H,25,28)(H2,23,26,27);3-7,16H,8-12H2,1-2H3,(H,21,24)(H2,20,22,23). The van der Waals surface area contributed by atoms with E-state index in [1.54, 1.807) is 21.0 Å². The third-order valence-corrected chi connectivity index (χ3v) is 10.5. The number of carbonyl (C=O) groups excluding carboxylic acids is 2. The molecule has 13 heteroatoms. The molecule has 0 bridgehead atoms. The minimum absolute atomic E-state index is 0.00387. The fourth-order valence-electron chi connectivity index (χ4n) is 7.46. The van der Waals surface area contributed by atoms with Crippen LogP contribution in [0.1, 0.15) is 69.4 Å². The summed E-state index contributed by atoms with van der Waals surface area (Å²) in [6.45, 7) is 3.58. The van der Waals surface area contributed by atoms with Crippen molar-refractivity contribution in [3.8, 4) is 12.4 Å². The zero-order valence-electron chi connectivity index (χ0n) is 30.5. The highest BCUT2D eigenvalue weighted by atomic mass is 16.2. The van der Waals surface area contributed by atoms with E-state index in [-0.39, 0.29) is 40.8 Å². The van der Waals surface area contributed by atoms with Gasteiger partial charge in [-0.25, -0.2) is 0 Å². The van der Waals surface area contributed by atoms with E-state index >= 15 is 0 Å².